The number of carbonyl (C=O) groups is 1. The average Bonchev–Trinajstić information content (AvgIpc) is 2.60. The van der Waals surface area contributed by atoms with Crippen LogP contribution in [-0.2, 0) is 4.79 Å². The molecule has 0 fully saturated rings. The van der Waals surface area contributed by atoms with Crippen LogP contribution in [0.2, 0.25) is 0 Å². The Labute approximate surface area is 80.6 Å². The molecule has 1 amide bonds. The predicted octanol–water partition coefficient (Wildman–Crippen LogP) is 0.634. The number of nitriles is 1. The third kappa shape index (κ3) is 1.12. The van der Waals surface area contributed by atoms with Crippen LogP contribution in [0.25, 0.3) is 6.08 Å². The zero-order valence-electron chi connectivity index (χ0n) is 7.19. The lowest BCUT2D eigenvalue weighted by Crippen LogP contribution is -2.16. The van der Waals surface area contributed by atoms with Crippen molar-refractivity contribution < 1.29 is 4.79 Å². The largest absolute Gasteiger partial charge is 0.364 e. The van der Waals surface area contributed by atoms with Crippen molar-refractivity contribution in [3.63, 3.8) is 0 Å². The van der Waals surface area contributed by atoms with E-state index in [1.807, 2.05) is 6.07 Å². The molecular weight excluding hydrogens is 178 g/mol. The molecule has 67 valence electrons. The van der Waals surface area contributed by atoms with E-state index in [2.05, 4.69) is 5.32 Å². The Bertz CT molecular complexity index is 483. The minimum absolute atomic E-state index is 0.197. The van der Waals surface area contributed by atoms with Gasteiger partial charge in [0.2, 0.25) is 0 Å². The normalized spacial score (nSPS) is 12.4. The standard InChI is InChI=1S/C10H6N3O/c11-5-6-2-1-3-8-7(6)4-9(13-8)10(12)14/h1-4H,(H2,12,14). The second-order valence-electron chi connectivity index (χ2n) is 2.86. The summed E-state index contributed by atoms with van der Waals surface area (Å²) in [5.74, 6) is -0.579. The van der Waals surface area contributed by atoms with Crippen molar-refractivity contribution in [2.24, 2.45) is 5.73 Å². The van der Waals surface area contributed by atoms with Crippen molar-refractivity contribution in [1.82, 2.24) is 5.32 Å². The van der Waals surface area contributed by atoms with Crippen molar-refractivity contribution in [1.29, 1.82) is 5.26 Å². The van der Waals surface area contributed by atoms with Gasteiger partial charge < -0.3 is 5.73 Å². The molecule has 1 aromatic rings. The van der Waals surface area contributed by atoms with E-state index in [4.69, 9.17) is 11.0 Å². The molecule has 14 heavy (non-hydrogen) atoms. The Kier molecular flexibility index (Phi) is 1.72. The van der Waals surface area contributed by atoms with Crippen molar-refractivity contribution in [2.75, 3.05) is 0 Å². The monoisotopic (exact) mass is 184 g/mol. The molecule has 0 spiro atoms. The van der Waals surface area contributed by atoms with Crippen LogP contribution in [0.3, 0.4) is 0 Å². The molecule has 0 unspecified atom stereocenters. The van der Waals surface area contributed by atoms with Gasteiger partial charge in [-0.05, 0) is 18.2 Å². The number of carbonyl (C=O) groups excluding carboxylic acids is 1. The van der Waals surface area contributed by atoms with Crippen LogP contribution >= 0.6 is 0 Å². The summed E-state index contributed by atoms with van der Waals surface area (Å²) in [4.78, 5) is 10.8. The molecule has 1 heterocycles. The third-order valence-corrected chi connectivity index (χ3v) is 1.98. The van der Waals surface area contributed by atoms with Gasteiger partial charge in [-0.15, -0.1) is 0 Å². The predicted molar refractivity (Wildman–Crippen MR) is 50.1 cm³/mol. The minimum Gasteiger partial charge on any atom is -0.364 e. The van der Waals surface area contributed by atoms with Crippen molar-refractivity contribution in [3.05, 3.63) is 35.0 Å². The van der Waals surface area contributed by atoms with Crippen molar-refractivity contribution in [3.8, 4) is 6.07 Å². The number of rotatable bonds is 1. The van der Waals surface area contributed by atoms with Gasteiger partial charge in [0, 0.05) is 5.56 Å². The second kappa shape index (κ2) is 2.89. The summed E-state index contributed by atoms with van der Waals surface area (Å²) < 4.78 is 0. The molecule has 1 radical (unpaired) electrons. The van der Waals surface area contributed by atoms with Crippen molar-refractivity contribution in [2.45, 2.75) is 0 Å². The van der Waals surface area contributed by atoms with Crippen LogP contribution in [0.5, 0.6) is 0 Å². The van der Waals surface area contributed by atoms with Gasteiger partial charge in [0.1, 0.15) is 5.70 Å². The lowest BCUT2D eigenvalue weighted by molar-refractivity contribution is -0.114. The molecule has 0 aliphatic carbocycles. The minimum atomic E-state index is -0.579. The van der Waals surface area contributed by atoms with Gasteiger partial charge in [-0.25, -0.2) is 5.32 Å². The molecule has 0 saturated heterocycles. The maximum atomic E-state index is 10.8. The summed E-state index contributed by atoms with van der Waals surface area (Å²) >= 11 is 0. The molecule has 0 aromatic heterocycles. The van der Waals surface area contributed by atoms with Crippen LogP contribution in [0.4, 0.5) is 5.69 Å². The van der Waals surface area contributed by atoms with E-state index in [0.29, 0.717) is 16.8 Å². The number of benzene rings is 1. The molecular formula is C10H6N3O. The fourth-order valence-electron chi connectivity index (χ4n) is 1.32. The van der Waals surface area contributed by atoms with Crippen LogP contribution in [0.15, 0.2) is 23.9 Å². The summed E-state index contributed by atoms with van der Waals surface area (Å²) in [5.41, 5.74) is 7.08. The third-order valence-electron chi connectivity index (χ3n) is 1.98. The summed E-state index contributed by atoms with van der Waals surface area (Å²) in [6.07, 6.45) is 1.54. The van der Waals surface area contributed by atoms with Crippen LogP contribution in [0, 0.1) is 11.3 Å². The summed E-state index contributed by atoms with van der Waals surface area (Å²) in [6, 6.07) is 7.17. The van der Waals surface area contributed by atoms with Gasteiger partial charge in [0.05, 0.1) is 17.3 Å². The first-order chi connectivity index (χ1) is 6.72. The van der Waals surface area contributed by atoms with E-state index in [9.17, 15) is 4.79 Å². The van der Waals surface area contributed by atoms with E-state index in [0.717, 1.165) is 0 Å². The lowest BCUT2D eigenvalue weighted by atomic mass is 10.1. The highest BCUT2D eigenvalue weighted by atomic mass is 16.1. The molecule has 1 aliphatic rings. The number of hydrogen-bond acceptors (Lipinski definition) is 2. The topological polar surface area (TPSA) is 81.0 Å². The number of fused-ring (bicyclic) bond motifs is 1. The highest BCUT2D eigenvalue weighted by Crippen LogP contribution is 2.29. The number of amides is 1. The Morgan fingerprint density at radius 2 is 2.29 bits per heavy atom. The second-order valence-corrected chi connectivity index (χ2v) is 2.86. The first kappa shape index (κ1) is 8.32. The molecule has 2 N–H and O–H groups in total. The van der Waals surface area contributed by atoms with Crippen LogP contribution < -0.4 is 11.1 Å². The summed E-state index contributed by atoms with van der Waals surface area (Å²) in [6.45, 7) is 0. The maximum absolute atomic E-state index is 10.8. The van der Waals surface area contributed by atoms with E-state index in [1.165, 1.54) is 6.08 Å². The summed E-state index contributed by atoms with van der Waals surface area (Å²) in [5, 5.41) is 12.8. The Balaban J connectivity index is 2.54. The first-order valence-electron chi connectivity index (χ1n) is 3.98. The van der Waals surface area contributed by atoms with Gasteiger partial charge in [-0.2, -0.15) is 5.26 Å². The number of nitrogens with zero attached hydrogens (tertiary/aromatic N) is 2. The Morgan fingerprint density at radius 1 is 1.50 bits per heavy atom. The number of primary amides is 1. The zero-order chi connectivity index (χ0) is 10.1. The molecule has 0 saturated carbocycles. The fraction of sp³-hybridized carbons (Fsp3) is 0. The van der Waals surface area contributed by atoms with Crippen LogP contribution in [-0.4, -0.2) is 5.91 Å². The molecule has 1 aromatic carbocycles. The average molecular weight is 184 g/mol. The van der Waals surface area contributed by atoms with E-state index < -0.39 is 5.91 Å². The van der Waals surface area contributed by atoms with Gasteiger partial charge in [0.25, 0.3) is 5.91 Å². The highest BCUT2D eigenvalue weighted by molar-refractivity contribution is 6.00. The molecule has 0 atom stereocenters. The van der Waals surface area contributed by atoms with Gasteiger partial charge in [-0.1, -0.05) is 6.07 Å². The molecule has 1 aliphatic heterocycles. The van der Waals surface area contributed by atoms with Gasteiger partial charge >= 0.3 is 0 Å². The fourth-order valence-corrected chi connectivity index (χ4v) is 1.32. The van der Waals surface area contributed by atoms with Gasteiger partial charge in [0.15, 0.2) is 0 Å². The summed E-state index contributed by atoms with van der Waals surface area (Å²) in [7, 11) is 0. The maximum Gasteiger partial charge on any atom is 0.267 e. The lowest BCUT2D eigenvalue weighted by Gasteiger charge is -1.98. The number of hydrogen-bond donors (Lipinski definition) is 1. The molecule has 2 rings (SSSR count). The van der Waals surface area contributed by atoms with E-state index >= 15 is 0 Å². The first-order valence-corrected chi connectivity index (χ1v) is 3.98. The van der Waals surface area contributed by atoms with E-state index in [-0.39, 0.29) is 5.70 Å². The molecule has 0 bridgehead atoms. The van der Waals surface area contributed by atoms with Crippen LogP contribution in [0.1, 0.15) is 11.1 Å². The SMILES string of the molecule is N#Cc1cccc2c1C=C(C(N)=O)[N]2. The smallest absolute Gasteiger partial charge is 0.267 e. The van der Waals surface area contributed by atoms with Crippen molar-refractivity contribution >= 4 is 17.7 Å². The molecule has 4 nitrogen and oxygen atoms in total. The van der Waals surface area contributed by atoms with E-state index in [1.54, 1.807) is 18.2 Å². The number of nitrogens with two attached hydrogens (primary N) is 1. The Hall–Kier alpha value is -2.28. The zero-order valence-corrected chi connectivity index (χ0v) is 7.19. The highest BCUT2D eigenvalue weighted by Gasteiger charge is 2.19. The molecule has 4 heteroatoms. The van der Waals surface area contributed by atoms with Gasteiger partial charge in [-0.3, -0.25) is 4.79 Å². The quantitative estimate of drug-likeness (QED) is 0.694. The Morgan fingerprint density at radius 3 is 2.93 bits per heavy atom.